The fraction of sp³-hybridized carbons (Fsp3) is 0.333. The Bertz CT molecular complexity index is 170. The van der Waals surface area contributed by atoms with Gasteiger partial charge in [-0.1, -0.05) is 22.0 Å². The number of aliphatic hydroxyl groups is 1. The Balaban J connectivity index is 2.70. The predicted molar refractivity (Wildman–Crippen MR) is 44.6 cm³/mol. The van der Waals surface area contributed by atoms with Gasteiger partial charge in [0.05, 0.1) is 0 Å². The molecule has 0 aliphatic heterocycles. The lowest BCUT2D eigenvalue weighted by molar-refractivity contribution is 0.197. The van der Waals surface area contributed by atoms with Crippen molar-refractivity contribution in [2.45, 2.75) is 10.9 Å². The van der Waals surface area contributed by atoms with E-state index in [4.69, 9.17) is 0 Å². The predicted octanol–water partition coefficient (Wildman–Crippen LogP) is 2.31. The van der Waals surface area contributed by atoms with Gasteiger partial charge in [0.2, 0.25) is 0 Å². The first-order chi connectivity index (χ1) is 4.10. The first-order valence-electron chi connectivity index (χ1n) is 2.56. The van der Waals surface area contributed by atoms with Crippen LogP contribution >= 0.6 is 31.9 Å². The Labute approximate surface area is 70.7 Å². The summed E-state index contributed by atoms with van der Waals surface area (Å²) in [4.78, 5) is 0. The number of alkyl halides is 1. The van der Waals surface area contributed by atoms with Gasteiger partial charge in [-0.05, 0) is 28.1 Å². The van der Waals surface area contributed by atoms with Crippen LogP contribution in [0.2, 0.25) is 0 Å². The first kappa shape index (κ1) is 7.51. The minimum atomic E-state index is -0.815. The van der Waals surface area contributed by atoms with Crippen LogP contribution in [0, 0.1) is 0 Å². The molecule has 0 saturated carbocycles. The average molecular weight is 254 g/mol. The maximum Gasteiger partial charge on any atom is 0.141 e. The molecule has 0 fully saturated rings. The monoisotopic (exact) mass is 252 g/mol. The summed E-state index contributed by atoms with van der Waals surface area (Å²) >= 11 is 6.41. The molecule has 0 heterocycles. The molecular weight excluding hydrogens is 248 g/mol. The third-order valence-corrected chi connectivity index (χ3v) is 2.26. The summed E-state index contributed by atoms with van der Waals surface area (Å²) in [6, 6.07) is 0. The fourth-order valence-electron chi connectivity index (χ4n) is 0.584. The van der Waals surface area contributed by atoms with Gasteiger partial charge >= 0.3 is 0 Å². The standard InChI is InChI=1S/C6H6Br2O/c7-5-1-3-6(8,9)4-2-5/h1-3,9H,4H2. The number of allylic oxidation sites excluding steroid dienone is 2. The number of halogens is 2. The lowest BCUT2D eigenvalue weighted by Crippen LogP contribution is -2.16. The van der Waals surface area contributed by atoms with Crippen molar-refractivity contribution in [1.29, 1.82) is 0 Å². The highest BCUT2D eigenvalue weighted by Gasteiger charge is 2.19. The van der Waals surface area contributed by atoms with E-state index < -0.39 is 4.51 Å². The third-order valence-electron chi connectivity index (χ3n) is 1.08. The Morgan fingerprint density at radius 2 is 2.33 bits per heavy atom. The number of hydrogen-bond acceptors (Lipinski definition) is 1. The molecule has 1 nitrogen and oxygen atoms in total. The van der Waals surface area contributed by atoms with Gasteiger partial charge in [-0.3, -0.25) is 0 Å². The molecule has 0 spiro atoms. The molecule has 3 heteroatoms. The van der Waals surface area contributed by atoms with Crippen LogP contribution < -0.4 is 0 Å². The van der Waals surface area contributed by atoms with Gasteiger partial charge in [0.1, 0.15) is 4.51 Å². The second kappa shape index (κ2) is 2.56. The van der Waals surface area contributed by atoms with Gasteiger partial charge in [0.15, 0.2) is 0 Å². The Kier molecular flexibility index (Phi) is 2.14. The van der Waals surface area contributed by atoms with Crippen LogP contribution in [0.25, 0.3) is 0 Å². The van der Waals surface area contributed by atoms with Crippen molar-refractivity contribution in [3.05, 3.63) is 22.7 Å². The molecule has 1 unspecified atom stereocenters. The third kappa shape index (κ3) is 2.24. The van der Waals surface area contributed by atoms with Crippen LogP contribution in [0.4, 0.5) is 0 Å². The van der Waals surface area contributed by atoms with Crippen molar-refractivity contribution in [3.63, 3.8) is 0 Å². The molecule has 0 aromatic heterocycles. The zero-order valence-corrected chi connectivity index (χ0v) is 7.81. The SMILES string of the molecule is OC1(Br)C=CC(Br)=CC1. The first-order valence-corrected chi connectivity index (χ1v) is 4.15. The van der Waals surface area contributed by atoms with Gasteiger partial charge in [0, 0.05) is 10.9 Å². The second-order valence-corrected chi connectivity index (χ2v) is 4.23. The summed E-state index contributed by atoms with van der Waals surface area (Å²) < 4.78 is 0.205. The summed E-state index contributed by atoms with van der Waals surface area (Å²) in [6.07, 6.45) is 6.05. The van der Waals surface area contributed by atoms with Crippen LogP contribution in [-0.2, 0) is 0 Å². The molecule has 0 amide bonds. The summed E-state index contributed by atoms with van der Waals surface area (Å²) in [6.45, 7) is 0. The minimum Gasteiger partial charge on any atom is -0.375 e. The molecule has 0 aromatic rings. The van der Waals surface area contributed by atoms with Crippen molar-refractivity contribution < 1.29 is 5.11 Å². The maximum absolute atomic E-state index is 9.26. The largest absolute Gasteiger partial charge is 0.375 e. The van der Waals surface area contributed by atoms with Crippen molar-refractivity contribution in [1.82, 2.24) is 0 Å². The fourth-order valence-corrected chi connectivity index (χ4v) is 1.17. The zero-order valence-electron chi connectivity index (χ0n) is 4.64. The summed E-state index contributed by atoms with van der Waals surface area (Å²) in [5, 5.41) is 9.26. The van der Waals surface area contributed by atoms with Gasteiger partial charge in [0.25, 0.3) is 0 Å². The smallest absolute Gasteiger partial charge is 0.141 e. The summed E-state index contributed by atoms with van der Waals surface area (Å²) in [5.74, 6) is 0. The normalized spacial score (nSPS) is 34.3. The molecule has 1 aliphatic carbocycles. The highest BCUT2D eigenvalue weighted by molar-refractivity contribution is 9.12. The molecule has 1 N–H and O–H groups in total. The van der Waals surface area contributed by atoms with E-state index >= 15 is 0 Å². The van der Waals surface area contributed by atoms with Crippen LogP contribution in [-0.4, -0.2) is 9.62 Å². The Morgan fingerprint density at radius 1 is 1.67 bits per heavy atom. The topological polar surface area (TPSA) is 20.2 Å². The van der Waals surface area contributed by atoms with E-state index in [1.165, 1.54) is 0 Å². The highest BCUT2D eigenvalue weighted by Crippen LogP contribution is 2.28. The van der Waals surface area contributed by atoms with Crippen molar-refractivity contribution in [2.24, 2.45) is 0 Å². The Hall–Kier alpha value is 0.400. The lowest BCUT2D eigenvalue weighted by atomic mass is 10.1. The zero-order chi connectivity index (χ0) is 6.91. The van der Waals surface area contributed by atoms with Crippen molar-refractivity contribution >= 4 is 31.9 Å². The molecule has 9 heavy (non-hydrogen) atoms. The highest BCUT2D eigenvalue weighted by atomic mass is 79.9. The van der Waals surface area contributed by atoms with Gasteiger partial charge in [-0.25, -0.2) is 0 Å². The van der Waals surface area contributed by atoms with Crippen molar-refractivity contribution in [3.8, 4) is 0 Å². The van der Waals surface area contributed by atoms with E-state index in [1.54, 1.807) is 6.08 Å². The molecule has 0 aromatic carbocycles. The van der Waals surface area contributed by atoms with Crippen molar-refractivity contribution in [2.75, 3.05) is 0 Å². The lowest BCUT2D eigenvalue weighted by Gasteiger charge is -2.17. The molecular formula is C6H6Br2O. The molecule has 1 aliphatic rings. The van der Waals surface area contributed by atoms with E-state index in [0.29, 0.717) is 6.42 Å². The van der Waals surface area contributed by atoms with Crippen LogP contribution in [0.3, 0.4) is 0 Å². The van der Waals surface area contributed by atoms with E-state index in [0.717, 1.165) is 4.48 Å². The quantitative estimate of drug-likeness (QED) is 0.657. The second-order valence-electron chi connectivity index (χ2n) is 1.95. The molecule has 1 rings (SSSR count). The number of rotatable bonds is 0. The molecule has 0 radical (unpaired) electrons. The van der Waals surface area contributed by atoms with E-state index in [1.807, 2.05) is 12.2 Å². The van der Waals surface area contributed by atoms with Gasteiger partial charge in [-0.15, -0.1) is 0 Å². The van der Waals surface area contributed by atoms with Gasteiger partial charge in [-0.2, -0.15) is 0 Å². The molecule has 1 atom stereocenters. The van der Waals surface area contributed by atoms with Gasteiger partial charge < -0.3 is 5.11 Å². The van der Waals surface area contributed by atoms with Crippen LogP contribution in [0.1, 0.15) is 6.42 Å². The molecule has 50 valence electrons. The summed E-state index contributed by atoms with van der Waals surface area (Å²) in [5.41, 5.74) is 0. The maximum atomic E-state index is 9.26. The molecule has 0 bridgehead atoms. The number of hydrogen-bond donors (Lipinski definition) is 1. The average Bonchev–Trinajstić information content (AvgIpc) is 1.78. The van der Waals surface area contributed by atoms with Crippen LogP contribution in [0.15, 0.2) is 22.7 Å². The molecule has 0 saturated heterocycles. The summed E-state index contributed by atoms with van der Waals surface area (Å²) in [7, 11) is 0. The minimum absolute atomic E-state index is 0.615. The van der Waals surface area contributed by atoms with Crippen LogP contribution in [0.5, 0.6) is 0 Å². The Morgan fingerprint density at radius 3 is 2.67 bits per heavy atom. The van der Waals surface area contributed by atoms with E-state index in [9.17, 15) is 5.11 Å². The van der Waals surface area contributed by atoms with E-state index in [-0.39, 0.29) is 0 Å². The van der Waals surface area contributed by atoms with E-state index in [2.05, 4.69) is 31.9 Å².